The molecule has 1 aromatic heterocycles. The van der Waals surface area contributed by atoms with Crippen LogP contribution in [0.4, 0.5) is 10.6 Å². The molecule has 0 radical (unpaired) electrons. The minimum absolute atomic E-state index is 0.00541. The van der Waals surface area contributed by atoms with Crippen molar-refractivity contribution >= 4 is 23.7 Å². The van der Waals surface area contributed by atoms with Crippen molar-refractivity contribution < 1.29 is 14.4 Å². The van der Waals surface area contributed by atoms with Crippen LogP contribution in [-0.2, 0) is 9.59 Å². The first-order valence-electron chi connectivity index (χ1n) is 8.05. The Morgan fingerprint density at radius 1 is 1.25 bits per heavy atom. The van der Waals surface area contributed by atoms with E-state index in [2.05, 4.69) is 20.5 Å². The molecule has 1 aromatic rings. The predicted molar refractivity (Wildman–Crippen MR) is 87.3 cm³/mol. The highest BCUT2D eigenvalue weighted by Gasteiger charge is 2.42. The summed E-state index contributed by atoms with van der Waals surface area (Å²) in [5.41, 5.74) is -0.997. The van der Waals surface area contributed by atoms with Crippen LogP contribution in [0, 0.1) is 0 Å². The molecule has 8 nitrogen and oxygen atoms in total. The Kier molecular flexibility index (Phi) is 4.37. The second-order valence-corrected chi connectivity index (χ2v) is 6.30. The fourth-order valence-corrected chi connectivity index (χ4v) is 3.00. The van der Waals surface area contributed by atoms with Gasteiger partial charge < -0.3 is 15.1 Å². The Balaban J connectivity index is 1.49. The van der Waals surface area contributed by atoms with Crippen molar-refractivity contribution in [2.45, 2.75) is 25.3 Å². The second-order valence-electron chi connectivity index (χ2n) is 6.30. The van der Waals surface area contributed by atoms with Crippen LogP contribution in [0.1, 0.15) is 19.8 Å². The summed E-state index contributed by atoms with van der Waals surface area (Å²) in [6.07, 6.45) is 2.28. The third-order valence-corrected chi connectivity index (χ3v) is 4.56. The molecule has 1 unspecified atom stereocenters. The Morgan fingerprint density at radius 3 is 2.58 bits per heavy atom. The average molecular weight is 331 g/mol. The lowest BCUT2D eigenvalue weighted by Crippen LogP contribution is -2.50. The van der Waals surface area contributed by atoms with Crippen LogP contribution in [0.5, 0.6) is 0 Å². The molecule has 2 saturated heterocycles. The Bertz CT molecular complexity index is 642. The Labute approximate surface area is 140 Å². The number of hydrogen-bond donors (Lipinski definition) is 2. The number of pyridine rings is 1. The monoisotopic (exact) mass is 331 g/mol. The molecule has 128 valence electrons. The molecule has 1 atom stereocenters. The zero-order valence-corrected chi connectivity index (χ0v) is 13.6. The Hall–Kier alpha value is -2.64. The summed E-state index contributed by atoms with van der Waals surface area (Å²) in [7, 11) is 0. The van der Waals surface area contributed by atoms with Gasteiger partial charge in [0.15, 0.2) is 0 Å². The van der Waals surface area contributed by atoms with Crippen LogP contribution >= 0.6 is 0 Å². The number of rotatable bonds is 4. The number of carbonyl (C=O) groups excluding carboxylic acids is 3. The standard InChI is InChI=1S/C16H21N5O3/c1-16(14(23)18-15(24)19-16)6-5-13(22)21-10-8-20(9-11-21)12-4-2-3-7-17-12/h2-4,7H,5-6,8-11H2,1H3,(H2,18,19,23,24). The van der Waals surface area contributed by atoms with Crippen LogP contribution in [0.3, 0.4) is 0 Å². The molecular formula is C16H21N5O3. The van der Waals surface area contributed by atoms with E-state index < -0.39 is 11.6 Å². The van der Waals surface area contributed by atoms with Crippen molar-refractivity contribution in [2.75, 3.05) is 31.1 Å². The molecule has 24 heavy (non-hydrogen) atoms. The molecule has 2 fully saturated rings. The van der Waals surface area contributed by atoms with E-state index in [1.807, 2.05) is 18.2 Å². The third kappa shape index (κ3) is 3.32. The van der Waals surface area contributed by atoms with Gasteiger partial charge >= 0.3 is 6.03 Å². The van der Waals surface area contributed by atoms with Crippen LogP contribution in [0.25, 0.3) is 0 Å². The number of hydrogen-bond acceptors (Lipinski definition) is 5. The first kappa shape index (κ1) is 16.2. The maximum Gasteiger partial charge on any atom is 0.322 e. The third-order valence-electron chi connectivity index (χ3n) is 4.56. The first-order valence-corrected chi connectivity index (χ1v) is 8.05. The quantitative estimate of drug-likeness (QED) is 0.764. The molecule has 8 heteroatoms. The summed E-state index contributed by atoms with van der Waals surface area (Å²) >= 11 is 0. The number of urea groups is 1. The lowest BCUT2D eigenvalue weighted by Gasteiger charge is -2.35. The number of nitrogens with one attached hydrogen (secondary N) is 2. The van der Waals surface area contributed by atoms with Gasteiger partial charge in [-0.3, -0.25) is 14.9 Å². The smallest absolute Gasteiger partial charge is 0.322 e. The van der Waals surface area contributed by atoms with E-state index in [4.69, 9.17) is 0 Å². The first-order chi connectivity index (χ1) is 11.5. The highest BCUT2D eigenvalue weighted by Crippen LogP contribution is 2.19. The number of amides is 4. The number of nitrogens with zero attached hydrogens (tertiary/aromatic N) is 3. The molecule has 0 aliphatic carbocycles. The van der Waals surface area contributed by atoms with Crippen LogP contribution in [0.2, 0.25) is 0 Å². The van der Waals surface area contributed by atoms with Gasteiger partial charge in [0, 0.05) is 38.8 Å². The van der Waals surface area contributed by atoms with Gasteiger partial charge in [-0.15, -0.1) is 0 Å². The van der Waals surface area contributed by atoms with Gasteiger partial charge in [0.1, 0.15) is 11.4 Å². The van der Waals surface area contributed by atoms with E-state index in [1.54, 1.807) is 18.0 Å². The SMILES string of the molecule is CC1(CCC(=O)N2CCN(c3ccccn3)CC2)NC(=O)NC1=O. The summed E-state index contributed by atoms with van der Waals surface area (Å²) < 4.78 is 0. The molecule has 0 spiro atoms. The highest BCUT2D eigenvalue weighted by atomic mass is 16.2. The molecule has 3 heterocycles. The van der Waals surface area contributed by atoms with E-state index in [0.29, 0.717) is 19.5 Å². The topological polar surface area (TPSA) is 94.6 Å². The largest absolute Gasteiger partial charge is 0.353 e. The van der Waals surface area contributed by atoms with Crippen molar-refractivity contribution in [3.05, 3.63) is 24.4 Å². The fourth-order valence-electron chi connectivity index (χ4n) is 3.00. The number of piperazine rings is 1. The van der Waals surface area contributed by atoms with Crippen molar-refractivity contribution in [3.8, 4) is 0 Å². The molecule has 4 amide bonds. The fraction of sp³-hybridized carbons (Fsp3) is 0.500. The van der Waals surface area contributed by atoms with Gasteiger partial charge in [0.2, 0.25) is 5.91 Å². The predicted octanol–water partition coefficient (Wildman–Crippen LogP) is 0.109. The van der Waals surface area contributed by atoms with Gasteiger partial charge in [-0.25, -0.2) is 9.78 Å². The summed E-state index contributed by atoms with van der Waals surface area (Å²) in [6, 6.07) is 5.28. The molecule has 0 aromatic carbocycles. The highest BCUT2D eigenvalue weighted by molar-refractivity contribution is 6.06. The van der Waals surface area contributed by atoms with Crippen LogP contribution < -0.4 is 15.5 Å². The van der Waals surface area contributed by atoms with Crippen LogP contribution in [-0.4, -0.2) is 59.4 Å². The minimum Gasteiger partial charge on any atom is -0.353 e. The summed E-state index contributed by atoms with van der Waals surface area (Å²) in [5, 5.41) is 4.79. The van der Waals surface area contributed by atoms with E-state index >= 15 is 0 Å². The molecule has 3 rings (SSSR count). The van der Waals surface area contributed by atoms with E-state index in [9.17, 15) is 14.4 Å². The Morgan fingerprint density at radius 2 is 2.00 bits per heavy atom. The maximum absolute atomic E-state index is 12.4. The number of anilines is 1. The molecule has 2 aliphatic heterocycles. The van der Waals surface area contributed by atoms with Crippen LogP contribution in [0.15, 0.2) is 24.4 Å². The number of imide groups is 1. The van der Waals surface area contributed by atoms with Gasteiger partial charge in [0.05, 0.1) is 0 Å². The van der Waals surface area contributed by atoms with E-state index in [-0.39, 0.29) is 18.2 Å². The normalized spacial score (nSPS) is 23.9. The van der Waals surface area contributed by atoms with Gasteiger partial charge in [-0.2, -0.15) is 0 Å². The van der Waals surface area contributed by atoms with E-state index in [1.165, 1.54) is 0 Å². The maximum atomic E-state index is 12.4. The van der Waals surface area contributed by atoms with Crippen molar-refractivity contribution in [3.63, 3.8) is 0 Å². The summed E-state index contributed by atoms with van der Waals surface area (Å²) in [5.74, 6) is 0.550. The van der Waals surface area contributed by atoms with Gasteiger partial charge in [-0.05, 0) is 25.5 Å². The molecule has 0 bridgehead atoms. The summed E-state index contributed by atoms with van der Waals surface area (Å²) in [6.45, 7) is 4.36. The van der Waals surface area contributed by atoms with Crippen molar-refractivity contribution in [1.29, 1.82) is 0 Å². The second kappa shape index (κ2) is 6.46. The summed E-state index contributed by atoms with van der Waals surface area (Å²) in [4.78, 5) is 43.6. The molecular weight excluding hydrogens is 310 g/mol. The zero-order chi connectivity index (χ0) is 17.2. The lowest BCUT2D eigenvalue weighted by atomic mass is 9.96. The van der Waals surface area contributed by atoms with Crippen molar-refractivity contribution in [1.82, 2.24) is 20.5 Å². The van der Waals surface area contributed by atoms with Gasteiger partial charge in [0.25, 0.3) is 5.91 Å². The van der Waals surface area contributed by atoms with Gasteiger partial charge in [-0.1, -0.05) is 6.07 Å². The lowest BCUT2D eigenvalue weighted by molar-refractivity contribution is -0.132. The average Bonchev–Trinajstić information content (AvgIpc) is 2.86. The molecule has 0 saturated carbocycles. The molecule has 2 N–H and O–H groups in total. The van der Waals surface area contributed by atoms with Crippen molar-refractivity contribution in [2.24, 2.45) is 0 Å². The number of aromatic nitrogens is 1. The minimum atomic E-state index is -0.997. The number of carbonyl (C=O) groups is 3. The zero-order valence-electron chi connectivity index (χ0n) is 13.6. The molecule has 2 aliphatic rings. The van der Waals surface area contributed by atoms with E-state index in [0.717, 1.165) is 18.9 Å².